The highest BCUT2D eigenvalue weighted by molar-refractivity contribution is 5.87. The van der Waals surface area contributed by atoms with Crippen LogP contribution in [0.15, 0.2) is 48.5 Å². The van der Waals surface area contributed by atoms with Gasteiger partial charge in [0.2, 0.25) is 5.91 Å². The van der Waals surface area contributed by atoms with Gasteiger partial charge < -0.3 is 20.1 Å². The number of amides is 2. The van der Waals surface area contributed by atoms with E-state index in [1.807, 2.05) is 38.1 Å². The first-order chi connectivity index (χ1) is 16.4. The second-order valence-corrected chi connectivity index (χ2v) is 9.33. The zero-order valence-corrected chi connectivity index (χ0v) is 19.7. The molecule has 2 N–H and O–H groups in total. The molecule has 34 heavy (non-hydrogen) atoms. The molecule has 3 atom stereocenters. The number of fused-ring (bicyclic) bond motifs is 3. The van der Waals surface area contributed by atoms with Crippen molar-refractivity contribution in [2.75, 3.05) is 19.7 Å². The topological polar surface area (TPSA) is 95.9 Å². The van der Waals surface area contributed by atoms with Gasteiger partial charge in [-0.1, -0.05) is 75.2 Å². The number of carboxylic acids is 1. The first-order valence-corrected chi connectivity index (χ1v) is 12.0. The summed E-state index contributed by atoms with van der Waals surface area (Å²) in [7, 11) is 0. The number of alkyl carbamates (subject to hydrolysis) is 1. The summed E-state index contributed by atoms with van der Waals surface area (Å²) in [4.78, 5) is 38.9. The Morgan fingerprint density at radius 2 is 1.68 bits per heavy atom. The third-order valence-electron chi connectivity index (χ3n) is 7.02. The minimum absolute atomic E-state index is 0.0568. The van der Waals surface area contributed by atoms with Gasteiger partial charge >= 0.3 is 12.1 Å². The van der Waals surface area contributed by atoms with E-state index in [1.54, 1.807) is 4.90 Å². The molecule has 0 saturated carbocycles. The fourth-order valence-corrected chi connectivity index (χ4v) is 5.14. The molecule has 0 radical (unpaired) electrons. The minimum atomic E-state index is -0.891. The zero-order valence-electron chi connectivity index (χ0n) is 19.7. The molecule has 0 bridgehead atoms. The van der Waals surface area contributed by atoms with E-state index in [0.29, 0.717) is 13.0 Å². The van der Waals surface area contributed by atoms with E-state index in [2.05, 4.69) is 29.6 Å². The third kappa shape index (κ3) is 4.79. The number of ether oxygens (including phenoxy) is 1. The summed E-state index contributed by atoms with van der Waals surface area (Å²) in [5, 5.41) is 12.2. The van der Waals surface area contributed by atoms with Gasteiger partial charge in [-0.25, -0.2) is 4.79 Å². The Bertz CT molecular complexity index is 1020. The van der Waals surface area contributed by atoms with Crippen LogP contribution in [0.1, 0.15) is 50.2 Å². The number of aliphatic carboxylic acids is 1. The van der Waals surface area contributed by atoms with Gasteiger partial charge in [0.05, 0.1) is 5.92 Å². The Labute approximate surface area is 200 Å². The van der Waals surface area contributed by atoms with Crippen LogP contribution >= 0.6 is 0 Å². The van der Waals surface area contributed by atoms with E-state index in [9.17, 15) is 19.5 Å². The van der Waals surface area contributed by atoms with Crippen LogP contribution in [0.5, 0.6) is 0 Å². The molecule has 3 unspecified atom stereocenters. The number of unbranched alkanes of at least 4 members (excludes halogenated alkanes) is 1. The lowest BCUT2D eigenvalue weighted by Crippen LogP contribution is -2.48. The van der Waals surface area contributed by atoms with Crippen LogP contribution in [0.2, 0.25) is 0 Å². The average molecular weight is 465 g/mol. The maximum Gasteiger partial charge on any atom is 0.407 e. The summed E-state index contributed by atoms with van der Waals surface area (Å²) in [6, 6.07) is 15.5. The molecule has 1 aliphatic heterocycles. The number of rotatable bonds is 8. The molecular formula is C27H32N2O5. The SMILES string of the molecule is CCCCC(NC(=O)OCC1c2ccccc2-c2ccccc21)C(=O)N1CC(C)C(C(=O)O)C1. The van der Waals surface area contributed by atoms with Crippen molar-refractivity contribution in [2.24, 2.45) is 11.8 Å². The summed E-state index contributed by atoms with van der Waals surface area (Å²) in [5.74, 6) is -1.89. The normalized spacial score (nSPS) is 19.9. The van der Waals surface area contributed by atoms with Gasteiger partial charge in [0.1, 0.15) is 12.6 Å². The number of hydrogen-bond donors (Lipinski definition) is 2. The van der Waals surface area contributed by atoms with Crippen LogP contribution in [0.25, 0.3) is 11.1 Å². The number of nitrogens with one attached hydrogen (secondary N) is 1. The van der Waals surface area contributed by atoms with Crippen LogP contribution in [-0.4, -0.2) is 53.7 Å². The summed E-state index contributed by atoms with van der Waals surface area (Å²) >= 11 is 0. The van der Waals surface area contributed by atoms with Gasteiger partial charge in [-0.05, 0) is 34.6 Å². The molecule has 0 spiro atoms. The minimum Gasteiger partial charge on any atom is -0.481 e. The lowest BCUT2D eigenvalue weighted by molar-refractivity contribution is -0.142. The van der Waals surface area contributed by atoms with Crippen molar-refractivity contribution in [3.8, 4) is 11.1 Å². The molecule has 1 aliphatic carbocycles. The maximum atomic E-state index is 13.2. The molecule has 7 nitrogen and oxygen atoms in total. The zero-order chi connectivity index (χ0) is 24.2. The predicted molar refractivity (Wildman–Crippen MR) is 128 cm³/mol. The van der Waals surface area contributed by atoms with Gasteiger partial charge in [0.25, 0.3) is 0 Å². The molecule has 2 aromatic rings. The first kappa shape index (κ1) is 23.8. The molecular weight excluding hydrogens is 432 g/mol. The van der Waals surface area contributed by atoms with Crippen LogP contribution in [0, 0.1) is 11.8 Å². The highest BCUT2D eigenvalue weighted by Crippen LogP contribution is 2.44. The molecule has 1 heterocycles. The molecule has 2 amide bonds. The van der Waals surface area contributed by atoms with Gasteiger partial charge in [-0.2, -0.15) is 0 Å². The number of nitrogens with zero attached hydrogens (tertiary/aromatic N) is 1. The Balaban J connectivity index is 1.41. The summed E-state index contributed by atoms with van der Waals surface area (Å²) < 4.78 is 5.63. The molecule has 1 fully saturated rings. The van der Waals surface area contributed by atoms with E-state index in [4.69, 9.17) is 4.74 Å². The van der Waals surface area contributed by atoms with Crippen LogP contribution in [-0.2, 0) is 14.3 Å². The fourth-order valence-electron chi connectivity index (χ4n) is 5.14. The smallest absolute Gasteiger partial charge is 0.407 e. The quantitative estimate of drug-likeness (QED) is 0.609. The molecule has 2 aliphatic rings. The number of carbonyl (C=O) groups is 3. The van der Waals surface area contributed by atoms with E-state index in [1.165, 1.54) is 0 Å². The molecule has 4 rings (SSSR count). The Morgan fingerprint density at radius 3 is 2.24 bits per heavy atom. The number of benzene rings is 2. The maximum absolute atomic E-state index is 13.2. The van der Waals surface area contributed by atoms with Gasteiger partial charge in [0.15, 0.2) is 0 Å². The monoisotopic (exact) mass is 464 g/mol. The Hall–Kier alpha value is -3.35. The largest absolute Gasteiger partial charge is 0.481 e. The van der Waals surface area contributed by atoms with E-state index in [0.717, 1.165) is 35.1 Å². The Kier molecular flexibility index (Phi) is 7.20. The predicted octanol–water partition coefficient (Wildman–Crippen LogP) is 4.26. The number of carbonyl (C=O) groups excluding carboxylic acids is 2. The standard InChI is InChI=1S/C27H32N2O5/c1-3-4-13-24(25(30)29-14-17(2)22(15-29)26(31)32)28-27(33)34-16-23-20-11-7-5-9-18(20)19-10-6-8-12-21(19)23/h5-12,17,22-24H,3-4,13-16H2,1-2H3,(H,28,33)(H,31,32). The van der Waals surface area contributed by atoms with Crippen molar-refractivity contribution >= 4 is 18.0 Å². The lowest BCUT2D eigenvalue weighted by Gasteiger charge is -2.24. The fraction of sp³-hybridized carbons (Fsp3) is 0.444. The van der Waals surface area contributed by atoms with Crippen LogP contribution < -0.4 is 5.32 Å². The van der Waals surface area contributed by atoms with Crippen molar-refractivity contribution in [1.82, 2.24) is 10.2 Å². The molecule has 7 heteroatoms. The number of hydrogen-bond acceptors (Lipinski definition) is 4. The summed E-state index contributed by atoms with van der Waals surface area (Å²) in [6.45, 7) is 4.59. The highest BCUT2D eigenvalue weighted by Gasteiger charge is 2.39. The second-order valence-electron chi connectivity index (χ2n) is 9.33. The molecule has 1 saturated heterocycles. The van der Waals surface area contributed by atoms with Gasteiger partial charge in [-0.15, -0.1) is 0 Å². The van der Waals surface area contributed by atoms with Gasteiger partial charge in [-0.3, -0.25) is 9.59 Å². The van der Waals surface area contributed by atoms with Crippen LogP contribution in [0.3, 0.4) is 0 Å². The van der Waals surface area contributed by atoms with E-state index in [-0.39, 0.29) is 30.9 Å². The van der Waals surface area contributed by atoms with Crippen molar-refractivity contribution in [1.29, 1.82) is 0 Å². The molecule has 0 aromatic heterocycles. The van der Waals surface area contributed by atoms with E-state index >= 15 is 0 Å². The molecule has 2 aromatic carbocycles. The van der Waals surface area contributed by atoms with Crippen LogP contribution in [0.4, 0.5) is 4.79 Å². The second kappa shape index (κ2) is 10.3. The lowest BCUT2D eigenvalue weighted by atomic mass is 9.98. The number of carboxylic acid groups (broad SMARTS) is 1. The third-order valence-corrected chi connectivity index (χ3v) is 7.02. The molecule has 180 valence electrons. The van der Waals surface area contributed by atoms with Crippen molar-refractivity contribution in [3.05, 3.63) is 59.7 Å². The average Bonchev–Trinajstić information content (AvgIpc) is 3.38. The van der Waals surface area contributed by atoms with Crippen molar-refractivity contribution in [2.45, 2.75) is 45.1 Å². The van der Waals surface area contributed by atoms with E-state index < -0.39 is 24.0 Å². The highest BCUT2D eigenvalue weighted by atomic mass is 16.5. The van der Waals surface area contributed by atoms with Crippen molar-refractivity contribution < 1.29 is 24.2 Å². The van der Waals surface area contributed by atoms with Crippen molar-refractivity contribution in [3.63, 3.8) is 0 Å². The summed E-state index contributed by atoms with van der Waals surface area (Å²) in [6.07, 6.45) is 1.51. The van der Waals surface area contributed by atoms with Gasteiger partial charge in [0, 0.05) is 19.0 Å². The Morgan fingerprint density at radius 1 is 1.06 bits per heavy atom. The summed E-state index contributed by atoms with van der Waals surface area (Å²) in [5.41, 5.74) is 4.56. The first-order valence-electron chi connectivity index (χ1n) is 12.0. The number of likely N-dealkylation sites (tertiary alicyclic amines) is 1.